The second-order valence-electron chi connectivity index (χ2n) is 7.49. The number of carbonyl (C=O) groups is 2. The van der Waals surface area contributed by atoms with Crippen molar-refractivity contribution in [2.75, 3.05) is 11.9 Å². The number of benzene rings is 3. The molecule has 4 rings (SSSR count). The van der Waals surface area contributed by atoms with Gasteiger partial charge in [-0.3, -0.25) is 9.59 Å². The van der Waals surface area contributed by atoms with E-state index in [-0.39, 0.29) is 11.8 Å². The number of likely N-dealkylation sites (tertiary alicyclic amines) is 1. The summed E-state index contributed by atoms with van der Waals surface area (Å²) in [5.74, 6) is 1.25. The molecule has 0 atom stereocenters. The molecule has 152 valence electrons. The van der Waals surface area contributed by atoms with Crippen molar-refractivity contribution in [3.05, 3.63) is 89.5 Å². The van der Waals surface area contributed by atoms with Crippen LogP contribution in [0, 0.1) is 6.92 Å². The van der Waals surface area contributed by atoms with Crippen molar-refractivity contribution in [2.24, 2.45) is 0 Å². The second-order valence-corrected chi connectivity index (χ2v) is 7.49. The van der Waals surface area contributed by atoms with Crippen LogP contribution in [0.5, 0.6) is 11.5 Å². The standard InChI is InChI=1S/C25H24N2O3/c1-18-7-4-10-21(15-18)30-23-12-3-2-11-22(23)26-25(29)20-9-5-8-19(16-20)17-27-14-6-13-24(27)28/h2-5,7-12,15-16H,6,13-14,17H2,1H3,(H,26,29). The average Bonchev–Trinajstić information content (AvgIpc) is 3.14. The summed E-state index contributed by atoms with van der Waals surface area (Å²) in [5, 5.41) is 2.95. The highest BCUT2D eigenvalue weighted by atomic mass is 16.5. The van der Waals surface area contributed by atoms with Crippen LogP contribution in [0.2, 0.25) is 0 Å². The zero-order valence-electron chi connectivity index (χ0n) is 16.9. The molecule has 30 heavy (non-hydrogen) atoms. The lowest BCUT2D eigenvalue weighted by Gasteiger charge is -2.16. The van der Waals surface area contributed by atoms with Crippen LogP contribution in [0.4, 0.5) is 5.69 Å². The molecule has 3 aromatic carbocycles. The van der Waals surface area contributed by atoms with E-state index in [2.05, 4.69) is 5.32 Å². The Morgan fingerprint density at radius 2 is 1.87 bits per heavy atom. The molecule has 0 aromatic heterocycles. The number of amides is 2. The van der Waals surface area contributed by atoms with Crippen molar-refractivity contribution in [1.82, 2.24) is 4.90 Å². The topological polar surface area (TPSA) is 58.6 Å². The quantitative estimate of drug-likeness (QED) is 0.622. The van der Waals surface area contributed by atoms with Crippen LogP contribution in [-0.4, -0.2) is 23.3 Å². The van der Waals surface area contributed by atoms with Crippen LogP contribution < -0.4 is 10.1 Å². The van der Waals surface area contributed by atoms with Gasteiger partial charge in [-0.1, -0.05) is 36.4 Å². The van der Waals surface area contributed by atoms with Crippen LogP contribution in [-0.2, 0) is 11.3 Å². The monoisotopic (exact) mass is 400 g/mol. The molecular formula is C25H24N2O3. The number of nitrogens with zero attached hydrogens (tertiary/aromatic N) is 1. The molecule has 1 saturated heterocycles. The smallest absolute Gasteiger partial charge is 0.255 e. The number of anilines is 1. The molecule has 2 amide bonds. The molecular weight excluding hydrogens is 376 g/mol. The molecule has 5 nitrogen and oxygen atoms in total. The molecule has 0 saturated carbocycles. The summed E-state index contributed by atoms with van der Waals surface area (Å²) in [6.45, 7) is 3.31. The normalized spacial score (nSPS) is 13.4. The van der Waals surface area contributed by atoms with E-state index >= 15 is 0 Å². The Hall–Kier alpha value is -3.60. The fourth-order valence-electron chi connectivity index (χ4n) is 3.56. The van der Waals surface area contributed by atoms with Gasteiger partial charge in [-0.2, -0.15) is 0 Å². The van der Waals surface area contributed by atoms with E-state index in [4.69, 9.17) is 4.74 Å². The molecule has 0 radical (unpaired) electrons. The predicted molar refractivity (Wildman–Crippen MR) is 117 cm³/mol. The Labute approximate surface area is 176 Å². The number of nitrogens with one attached hydrogen (secondary N) is 1. The van der Waals surface area contributed by atoms with Crippen molar-refractivity contribution in [2.45, 2.75) is 26.3 Å². The summed E-state index contributed by atoms with van der Waals surface area (Å²) >= 11 is 0. The minimum Gasteiger partial charge on any atom is -0.455 e. The number of rotatable bonds is 6. The molecule has 3 aromatic rings. The number of para-hydroxylation sites is 2. The van der Waals surface area contributed by atoms with Crippen LogP contribution >= 0.6 is 0 Å². The minimum atomic E-state index is -0.218. The Morgan fingerprint density at radius 1 is 1.03 bits per heavy atom. The van der Waals surface area contributed by atoms with Gasteiger partial charge >= 0.3 is 0 Å². The Kier molecular flexibility index (Phi) is 5.80. The highest BCUT2D eigenvalue weighted by Crippen LogP contribution is 2.30. The third-order valence-corrected chi connectivity index (χ3v) is 5.09. The van der Waals surface area contributed by atoms with Gasteiger partial charge in [-0.25, -0.2) is 0 Å². The van der Waals surface area contributed by atoms with E-state index in [0.29, 0.717) is 35.7 Å². The van der Waals surface area contributed by atoms with Crippen molar-refractivity contribution < 1.29 is 14.3 Å². The SMILES string of the molecule is Cc1cccc(Oc2ccccc2NC(=O)c2cccc(CN3CCCC3=O)c2)c1. The summed E-state index contributed by atoms with van der Waals surface area (Å²) in [7, 11) is 0. The summed E-state index contributed by atoms with van der Waals surface area (Å²) < 4.78 is 5.99. The molecule has 1 N–H and O–H groups in total. The summed E-state index contributed by atoms with van der Waals surface area (Å²) in [5.41, 5.74) is 3.19. The number of ether oxygens (including phenoxy) is 1. The zero-order chi connectivity index (χ0) is 20.9. The fraction of sp³-hybridized carbons (Fsp3) is 0.200. The Bertz CT molecular complexity index is 1080. The predicted octanol–water partition coefficient (Wildman–Crippen LogP) is 5.16. The first-order valence-electron chi connectivity index (χ1n) is 10.1. The number of carbonyl (C=O) groups excluding carboxylic acids is 2. The van der Waals surface area contributed by atoms with Crippen LogP contribution in [0.3, 0.4) is 0 Å². The van der Waals surface area contributed by atoms with Gasteiger partial charge in [-0.15, -0.1) is 0 Å². The maximum atomic E-state index is 12.9. The van der Waals surface area contributed by atoms with Crippen molar-refractivity contribution in [3.63, 3.8) is 0 Å². The van der Waals surface area contributed by atoms with E-state index in [1.54, 1.807) is 6.07 Å². The number of hydrogen-bond donors (Lipinski definition) is 1. The molecule has 0 unspecified atom stereocenters. The first kappa shape index (κ1) is 19.7. The highest BCUT2D eigenvalue weighted by molar-refractivity contribution is 6.05. The lowest BCUT2D eigenvalue weighted by molar-refractivity contribution is -0.128. The maximum Gasteiger partial charge on any atom is 0.255 e. The first-order chi connectivity index (χ1) is 14.6. The van der Waals surface area contributed by atoms with Gasteiger partial charge in [0.15, 0.2) is 5.75 Å². The van der Waals surface area contributed by atoms with Gasteiger partial charge in [0.1, 0.15) is 5.75 Å². The van der Waals surface area contributed by atoms with Crippen molar-refractivity contribution in [1.29, 1.82) is 0 Å². The Morgan fingerprint density at radius 3 is 2.67 bits per heavy atom. The van der Waals surface area contributed by atoms with E-state index in [1.807, 2.05) is 78.6 Å². The van der Waals surface area contributed by atoms with Gasteiger partial charge in [0.2, 0.25) is 5.91 Å². The second kappa shape index (κ2) is 8.82. The van der Waals surface area contributed by atoms with Crippen LogP contribution in [0.15, 0.2) is 72.8 Å². The van der Waals surface area contributed by atoms with Gasteiger partial charge in [0.05, 0.1) is 5.69 Å². The van der Waals surface area contributed by atoms with Crippen LogP contribution in [0.25, 0.3) is 0 Å². The summed E-state index contributed by atoms with van der Waals surface area (Å²) in [6, 6.07) is 22.5. The zero-order valence-corrected chi connectivity index (χ0v) is 16.9. The van der Waals surface area contributed by atoms with Gasteiger partial charge in [-0.05, 0) is 60.9 Å². The lowest BCUT2D eigenvalue weighted by atomic mass is 10.1. The maximum absolute atomic E-state index is 12.9. The van der Waals surface area contributed by atoms with Gasteiger partial charge < -0.3 is 15.0 Å². The molecule has 5 heteroatoms. The van der Waals surface area contributed by atoms with Crippen LogP contribution in [0.1, 0.15) is 34.3 Å². The van der Waals surface area contributed by atoms with E-state index in [9.17, 15) is 9.59 Å². The minimum absolute atomic E-state index is 0.173. The van der Waals surface area contributed by atoms with E-state index in [1.165, 1.54) is 0 Å². The third-order valence-electron chi connectivity index (χ3n) is 5.09. The number of hydrogen-bond acceptors (Lipinski definition) is 3. The average molecular weight is 400 g/mol. The van der Waals surface area contributed by atoms with E-state index < -0.39 is 0 Å². The number of aryl methyl sites for hydroxylation is 1. The Balaban J connectivity index is 1.49. The first-order valence-corrected chi connectivity index (χ1v) is 10.1. The van der Waals surface area contributed by atoms with E-state index in [0.717, 1.165) is 24.1 Å². The third kappa shape index (κ3) is 4.69. The highest BCUT2D eigenvalue weighted by Gasteiger charge is 2.20. The van der Waals surface area contributed by atoms with Gasteiger partial charge in [0.25, 0.3) is 5.91 Å². The van der Waals surface area contributed by atoms with Crippen molar-refractivity contribution in [3.8, 4) is 11.5 Å². The molecule has 1 aliphatic rings. The lowest BCUT2D eigenvalue weighted by Crippen LogP contribution is -2.24. The molecule has 0 bridgehead atoms. The molecule has 0 aliphatic carbocycles. The largest absolute Gasteiger partial charge is 0.455 e. The molecule has 0 spiro atoms. The fourth-order valence-corrected chi connectivity index (χ4v) is 3.56. The summed E-state index contributed by atoms with van der Waals surface area (Å²) in [6.07, 6.45) is 1.51. The molecule has 1 heterocycles. The molecule has 1 aliphatic heterocycles. The van der Waals surface area contributed by atoms with Crippen molar-refractivity contribution >= 4 is 17.5 Å². The summed E-state index contributed by atoms with van der Waals surface area (Å²) in [4.78, 5) is 26.6. The molecule has 1 fully saturated rings. The van der Waals surface area contributed by atoms with Gasteiger partial charge in [0, 0.05) is 25.1 Å².